The van der Waals surface area contributed by atoms with Gasteiger partial charge in [0.25, 0.3) is 0 Å². The first-order valence-corrected chi connectivity index (χ1v) is 11.4. The van der Waals surface area contributed by atoms with Crippen LogP contribution in [0.2, 0.25) is 0 Å². The van der Waals surface area contributed by atoms with Crippen molar-refractivity contribution in [2.24, 2.45) is 0 Å². The molecule has 1 amide bonds. The van der Waals surface area contributed by atoms with Gasteiger partial charge in [0, 0.05) is 18.8 Å². The number of anilines is 1. The molecule has 1 aliphatic rings. The Morgan fingerprint density at radius 2 is 1.64 bits per heavy atom. The van der Waals surface area contributed by atoms with E-state index in [1.807, 2.05) is 30.3 Å². The minimum atomic E-state index is -3.45. The highest BCUT2D eigenvalue weighted by Gasteiger charge is 2.26. The van der Waals surface area contributed by atoms with Gasteiger partial charge in [-0.15, -0.1) is 0 Å². The summed E-state index contributed by atoms with van der Waals surface area (Å²) in [5.74, 6) is -0.289. The van der Waals surface area contributed by atoms with Crippen molar-refractivity contribution in [1.29, 1.82) is 0 Å². The average Bonchev–Trinajstić information content (AvgIpc) is 2.73. The largest absolute Gasteiger partial charge is 0.326 e. The zero-order chi connectivity index (χ0) is 20.0. The highest BCUT2D eigenvalue weighted by molar-refractivity contribution is 7.89. The Bertz CT molecular complexity index is 874. The lowest BCUT2D eigenvalue weighted by atomic mass is 9.93. The minimum Gasteiger partial charge on any atom is -0.326 e. The Labute approximate surface area is 167 Å². The number of amides is 1. The van der Waals surface area contributed by atoms with Crippen molar-refractivity contribution in [2.45, 2.75) is 49.8 Å². The quantitative estimate of drug-likeness (QED) is 0.750. The van der Waals surface area contributed by atoms with Gasteiger partial charge in [0.2, 0.25) is 15.9 Å². The fraction of sp³-hybridized carbons (Fsp3) is 0.409. The van der Waals surface area contributed by atoms with Crippen LogP contribution in [0, 0.1) is 0 Å². The summed E-state index contributed by atoms with van der Waals surface area (Å²) in [4.78, 5) is 13.1. The molecule has 0 radical (unpaired) electrons. The van der Waals surface area contributed by atoms with E-state index < -0.39 is 10.0 Å². The lowest BCUT2D eigenvalue weighted by molar-refractivity contribution is -0.117. The van der Waals surface area contributed by atoms with Crippen molar-refractivity contribution >= 4 is 21.6 Å². The molecule has 1 heterocycles. The first kappa shape index (κ1) is 20.6. The summed E-state index contributed by atoms with van der Waals surface area (Å²) < 4.78 is 27.0. The maximum Gasteiger partial charge on any atom is 0.243 e. The highest BCUT2D eigenvalue weighted by Crippen LogP contribution is 2.25. The molecule has 1 saturated heterocycles. The van der Waals surface area contributed by atoms with E-state index in [0.717, 1.165) is 37.7 Å². The number of nitrogens with one attached hydrogen (secondary N) is 1. The molecule has 1 fully saturated rings. The predicted octanol–water partition coefficient (Wildman–Crippen LogP) is 4.38. The zero-order valence-electron chi connectivity index (χ0n) is 16.3. The maximum atomic E-state index is 12.8. The molecule has 1 aliphatic heterocycles. The van der Waals surface area contributed by atoms with E-state index in [1.165, 1.54) is 0 Å². The van der Waals surface area contributed by atoms with E-state index in [0.29, 0.717) is 18.8 Å². The van der Waals surface area contributed by atoms with Crippen LogP contribution in [0.3, 0.4) is 0 Å². The van der Waals surface area contributed by atoms with E-state index >= 15 is 0 Å². The lowest BCUT2D eigenvalue weighted by Crippen LogP contribution is -2.35. The number of benzene rings is 2. The topological polar surface area (TPSA) is 66.5 Å². The smallest absolute Gasteiger partial charge is 0.243 e. The summed E-state index contributed by atoms with van der Waals surface area (Å²) in [6, 6.07) is 16.2. The molecular formula is C22H28N2O3S. The van der Waals surface area contributed by atoms with Gasteiger partial charge in [-0.05, 0) is 49.1 Å². The van der Waals surface area contributed by atoms with Crippen LogP contribution in [0.4, 0.5) is 5.69 Å². The van der Waals surface area contributed by atoms with Crippen LogP contribution in [0.5, 0.6) is 0 Å². The molecule has 0 saturated carbocycles. The van der Waals surface area contributed by atoms with Crippen molar-refractivity contribution in [2.75, 3.05) is 18.4 Å². The molecule has 1 N–H and O–H groups in total. The molecule has 28 heavy (non-hydrogen) atoms. The Balaban J connectivity index is 1.71. The van der Waals surface area contributed by atoms with Crippen molar-refractivity contribution < 1.29 is 13.2 Å². The van der Waals surface area contributed by atoms with Crippen molar-refractivity contribution in [3.63, 3.8) is 0 Å². The Kier molecular flexibility index (Phi) is 6.86. The second-order valence-corrected chi connectivity index (χ2v) is 9.17. The molecular weight excluding hydrogens is 372 g/mol. The van der Waals surface area contributed by atoms with Crippen LogP contribution in [0.15, 0.2) is 59.5 Å². The fourth-order valence-electron chi connectivity index (χ4n) is 3.62. The number of hydrogen-bond acceptors (Lipinski definition) is 3. The van der Waals surface area contributed by atoms with Crippen LogP contribution in [-0.2, 0) is 14.8 Å². The molecule has 1 atom stereocenters. The van der Waals surface area contributed by atoms with Gasteiger partial charge in [0.05, 0.1) is 10.8 Å². The van der Waals surface area contributed by atoms with Crippen molar-refractivity contribution in [1.82, 2.24) is 4.31 Å². The van der Waals surface area contributed by atoms with E-state index in [1.54, 1.807) is 28.6 Å². The standard InChI is InChI=1S/C22H28N2O3S/c1-2-9-21(18-10-5-3-6-11-18)22(25)23-19-12-14-20(15-13-19)28(26,27)24-16-7-4-8-17-24/h3,5-6,10-15,21H,2,4,7-9,16-17H2,1H3,(H,23,25). The first-order chi connectivity index (χ1) is 13.5. The van der Waals surface area contributed by atoms with Crippen LogP contribution >= 0.6 is 0 Å². The summed E-state index contributed by atoms with van der Waals surface area (Å²) in [6.45, 7) is 3.22. The Morgan fingerprint density at radius 3 is 2.25 bits per heavy atom. The third kappa shape index (κ3) is 4.80. The molecule has 2 aromatic rings. The van der Waals surface area contributed by atoms with Crippen LogP contribution in [0.1, 0.15) is 50.5 Å². The molecule has 0 spiro atoms. The van der Waals surface area contributed by atoms with Crippen LogP contribution in [-0.4, -0.2) is 31.7 Å². The van der Waals surface area contributed by atoms with Crippen LogP contribution < -0.4 is 5.32 Å². The number of piperidine rings is 1. The normalized spacial score (nSPS) is 16.5. The summed E-state index contributed by atoms with van der Waals surface area (Å²) in [7, 11) is -3.45. The molecule has 0 aromatic heterocycles. The Morgan fingerprint density at radius 1 is 1.00 bits per heavy atom. The van der Waals surface area contributed by atoms with Crippen LogP contribution in [0.25, 0.3) is 0 Å². The van der Waals surface area contributed by atoms with Gasteiger partial charge in [-0.2, -0.15) is 4.31 Å². The van der Waals surface area contributed by atoms with E-state index in [2.05, 4.69) is 12.2 Å². The van der Waals surface area contributed by atoms with Gasteiger partial charge >= 0.3 is 0 Å². The summed E-state index contributed by atoms with van der Waals surface area (Å²) >= 11 is 0. The minimum absolute atomic E-state index is 0.0697. The predicted molar refractivity (Wildman–Crippen MR) is 112 cm³/mol. The molecule has 3 rings (SSSR count). The van der Waals surface area contributed by atoms with Crippen molar-refractivity contribution in [3.05, 3.63) is 60.2 Å². The lowest BCUT2D eigenvalue weighted by Gasteiger charge is -2.26. The van der Waals surface area contributed by atoms with E-state index in [4.69, 9.17) is 0 Å². The number of carbonyl (C=O) groups excluding carboxylic acids is 1. The zero-order valence-corrected chi connectivity index (χ0v) is 17.1. The van der Waals surface area contributed by atoms with Crippen molar-refractivity contribution in [3.8, 4) is 0 Å². The second kappa shape index (κ2) is 9.34. The number of carbonyl (C=O) groups is 1. The molecule has 150 valence electrons. The maximum absolute atomic E-state index is 12.8. The third-order valence-electron chi connectivity index (χ3n) is 5.17. The van der Waals surface area contributed by atoms with Gasteiger partial charge in [-0.1, -0.05) is 50.1 Å². The molecule has 0 bridgehead atoms. The molecule has 1 unspecified atom stereocenters. The fourth-order valence-corrected chi connectivity index (χ4v) is 5.13. The van der Waals surface area contributed by atoms with E-state index in [-0.39, 0.29) is 16.7 Å². The average molecular weight is 401 g/mol. The number of rotatable bonds is 7. The first-order valence-electron chi connectivity index (χ1n) is 9.98. The number of sulfonamides is 1. The van der Waals surface area contributed by atoms with Gasteiger partial charge in [0.1, 0.15) is 0 Å². The van der Waals surface area contributed by atoms with Gasteiger partial charge in [-0.3, -0.25) is 4.79 Å². The summed E-state index contributed by atoms with van der Waals surface area (Å²) in [5.41, 5.74) is 1.60. The molecule has 2 aromatic carbocycles. The SMILES string of the molecule is CCCC(C(=O)Nc1ccc(S(=O)(=O)N2CCCCC2)cc1)c1ccccc1. The number of hydrogen-bond donors (Lipinski definition) is 1. The summed E-state index contributed by atoms with van der Waals surface area (Å²) in [6.07, 6.45) is 4.56. The summed E-state index contributed by atoms with van der Waals surface area (Å²) in [5, 5.41) is 2.94. The van der Waals surface area contributed by atoms with Gasteiger partial charge < -0.3 is 5.32 Å². The third-order valence-corrected chi connectivity index (χ3v) is 7.08. The molecule has 5 nitrogen and oxygen atoms in total. The van der Waals surface area contributed by atoms with Gasteiger partial charge in [0.15, 0.2) is 0 Å². The monoisotopic (exact) mass is 400 g/mol. The molecule has 6 heteroatoms. The van der Waals surface area contributed by atoms with E-state index in [9.17, 15) is 13.2 Å². The Hall–Kier alpha value is -2.18. The molecule has 0 aliphatic carbocycles. The number of nitrogens with zero attached hydrogens (tertiary/aromatic N) is 1. The van der Waals surface area contributed by atoms with Gasteiger partial charge in [-0.25, -0.2) is 8.42 Å². The second-order valence-electron chi connectivity index (χ2n) is 7.23. The highest BCUT2D eigenvalue weighted by atomic mass is 32.2.